The van der Waals surface area contributed by atoms with Crippen molar-refractivity contribution < 1.29 is 4.79 Å². The average Bonchev–Trinajstić information content (AvgIpc) is 3.48. The molecule has 10 heteroatoms. The molecule has 0 saturated carbocycles. The third kappa shape index (κ3) is 2.94. The summed E-state index contributed by atoms with van der Waals surface area (Å²) in [5.41, 5.74) is 1.81. The van der Waals surface area contributed by atoms with Crippen LogP contribution >= 0.6 is 0 Å². The van der Waals surface area contributed by atoms with E-state index >= 15 is 0 Å². The van der Waals surface area contributed by atoms with Crippen LogP contribution in [0, 0.1) is 0 Å². The lowest BCUT2D eigenvalue weighted by molar-refractivity contribution is 0.0935. The number of rotatable bonds is 4. The van der Waals surface area contributed by atoms with Gasteiger partial charge in [0, 0.05) is 31.5 Å². The topological polar surface area (TPSA) is 106 Å². The molecule has 1 atom stereocenters. The fourth-order valence-electron chi connectivity index (χ4n) is 3.35. The van der Waals surface area contributed by atoms with Gasteiger partial charge in [0.05, 0.1) is 11.9 Å². The highest BCUT2D eigenvalue weighted by molar-refractivity contribution is 5.92. The Labute approximate surface area is 159 Å². The molecule has 4 aromatic rings. The molecule has 1 aliphatic rings. The number of nitrogens with zero attached hydrogens (tertiary/aromatic N) is 8. The van der Waals surface area contributed by atoms with Crippen molar-refractivity contribution in [1.82, 2.24) is 39.9 Å². The van der Waals surface area contributed by atoms with Crippen molar-refractivity contribution in [3.05, 3.63) is 60.9 Å². The van der Waals surface area contributed by atoms with E-state index in [9.17, 15) is 4.79 Å². The number of hydrogen-bond donors (Lipinski definition) is 1. The van der Waals surface area contributed by atoms with Crippen LogP contribution in [0.15, 0.2) is 55.2 Å². The number of anilines is 1. The molecular weight excluding hydrogens is 358 g/mol. The van der Waals surface area contributed by atoms with Crippen molar-refractivity contribution in [2.45, 2.75) is 12.5 Å². The van der Waals surface area contributed by atoms with Gasteiger partial charge in [0.25, 0.3) is 5.91 Å². The van der Waals surface area contributed by atoms with E-state index in [0.29, 0.717) is 17.9 Å². The van der Waals surface area contributed by atoms with Gasteiger partial charge in [-0.1, -0.05) is 18.2 Å². The second-order valence-electron chi connectivity index (χ2n) is 6.57. The van der Waals surface area contributed by atoms with Crippen LogP contribution in [0.4, 0.5) is 5.82 Å². The SMILES string of the molecule is O=C(N[C@@H]1CCN(c2nccn3cnnc23)C1)c1cnn(-c2ccccc2)n1. The highest BCUT2D eigenvalue weighted by atomic mass is 16.2. The highest BCUT2D eigenvalue weighted by Gasteiger charge is 2.27. The Hall–Kier alpha value is -3.82. The van der Waals surface area contributed by atoms with Crippen LogP contribution in [0.1, 0.15) is 16.9 Å². The van der Waals surface area contributed by atoms with Gasteiger partial charge in [-0.2, -0.15) is 9.90 Å². The minimum absolute atomic E-state index is 0.000599. The number of nitrogens with one attached hydrogen (secondary N) is 1. The molecule has 0 bridgehead atoms. The average molecular weight is 375 g/mol. The standard InChI is InChI=1S/C18H17N9O/c28-18(15-10-21-27(24-15)14-4-2-1-3-5-14)22-13-6-8-25(11-13)16-17-23-20-12-26(17)9-7-19-16/h1-5,7,9-10,12-13H,6,8,11H2,(H,22,28)/t13-/m1/s1. The Morgan fingerprint density at radius 1 is 1.21 bits per heavy atom. The zero-order chi connectivity index (χ0) is 18.9. The molecule has 1 saturated heterocycles. The van der Waals surface area contributed by atoms with Crippen molar-refractivity contribution in [2.24, 2.45) is 0 Å². The number of para-hydroxylation sites is 1. The lowest BCUT2D eigenvalue weighted by Crippen LogP contribution is -2.37. The van der Waals surface area contributed by atoms with Gasteiger partial charge in [0.15, 0.2) is 11.5 Å². The van der Waals surface area contributed by atoms with Crippen molar-refractivity contribution in [1.29, 1.82) is 0 Å². The summed E-state index contributed by atoms with van der Waals surface area (Å²) in [4.78, 5) is 20.6. The van der Waals surface area contributed by atoms with Crippen LogP contribution < -0.4 is 10.2 Å². The maximum Gasteiger partial charge on any atom is 0.273 e. The number of hydrogen-bond acceptors (Lipinski definition) is 7. The summed E-state index contributed by atoms with van der Waals surface area (Å²) in [6.45, 7) is 1.43. The van der Waals surface area contributed by atoms with Crippen LogP contribution in [0.25, 0.3) is 11.3 Å². The first-order valence-corrected chi connectivity index (χ1v) is 8.96. The second kappa shape index (κ2) is 6.72. The van der Waals surface area contributed by atoms with Crippen molar-refractivity contribution in [3.63, 3.8) is 0 Å². The van der Waals surface area contributed by atoms with Crippen molar-refractivity contribution in [2.75, 3.05) is 18.0 Å². The van der Waals surface area contributed by atoms with E-state index in [0.717, 1.165) is 24.5 Å². The molecule has 1 N–H and O–H groups in total. The fourth-order valence-corrected chi connectivity index (χ4v) is 3.35. The minimum Gasteiger partial charge on any atom is -0.351 e. The summed E-state index contributed by atoms with van der Waals surface area (Å²) in [7, 11) is 0. The lowest BCUT2D eigenvalue weighted by Gasteiger charge is -2.17. The van der Waals surface area contributed by atoms with Crippen LogP contribution in [0.2, 0.25) is 0 Å². The quantitative estimate of drug-likeness (QED) is 0.560. The van der Waals surface area contributed by atoms with E-state index in [1.807, 2.05) is 40.9 Å². The van der Waals surface area contributed by atoms with Crippen molar-refractivity contribution >= 4 is 17.4 Å². The van der Waals surface area contributed by atoms with Gasteiger partial charge in [-0.3, -0.25) is 9.20 Å². The van der Waals surface area contributed by atoms with E-state index < -0.39 is 0 Å². The third-order valence-electron chi connectivity index (χ3n) is 4.73. The summed E-state index contributed by atoms with van der Waals surface area (Å²) in [5.74, 6) is 0.537. The summed E-state index contributed by atoms with van der Waals surface area (Å²) in [5, 5.41) is 19.5. The maximum atomic E-state index is 12.6. The Balaban J connectivity index is 1.27. The van der Waals surface area contributed by atoms with Gasteiger partial charge >= 0.3 is 0 Å². The first-order valence-electron chi connectivity index (χ1n) is 8.96. The lowest BCUT2D eigenvalue weighted by atomic mass is 10.2. The van der Waals surface area contributed by atoms with Crippen molar-refractivity contribution in [3.8, 4) is 5.69 Å². The number of fused-ring (bicyclic) bond motifs is 1. The van der Waals surface area contributed by atoms with Gasteiger partial charge in [0.1, 0.15) is 6.33 Å². The van der Waals surface area contributed by atoms with E-state index in [1.165, 1.54) is 11.0 Å². The molecule has 5 rings (SSSR count). The molecule has 28 heavy (non-hydrogen) atoms. The number of benzene rings is 1. The monoisotopic (exact) mass is 375 g/mol. The van der Waals surface area contributed by atoms with Crippen LogP contribution in [-0.2, 0) is 0 Å². The number of carbonyl (C=O) groups excluding carboxylic acids is 1. The molecule has 0 radical (unpaired) electrons. The molecule has 3 aromatic heterocycles. The normalized spacial score (nSPS) is 16.6. The van der Waals surface area contributed by atoms with Crippen LogP contribution in [0.5, 0.6) is 0 Å². The molecule has 140 valence electrons. The zero-order valence-corrected chi connectivity index (χ0v) is 14.9. The summed E-state index contributed by atoms with van der Waals surface area (Å²) < 4.78 is 1.83. The second-order valence-corrected chi connectivity index (χ2v) is 6.57. The van der Waals surface area contributed by atoms with Gasteiger partial charge < -0.3 is 10.2 Å². The Kier molecular flexibility index (Phi) is 3.93. The smallest absolute Gasteiger partial charge is 0.273 e. The predicted molar refractivity (Wildman–Crippen MR) is 100 cm³/mol. The van der Waals surface area contributed by atoms with Gasteiger partial charge in [-0.15, -0.1) is 15.3 Å². The van der Waals surface area contributed by atoms with E-state index in [4.69, 9.17) is 0 Å². The summed E-state index contributed by atoms with van der Waals surface area (Å²) in [6, 6.07) is 9.48. The van der Waals surface area contributed by atoms with Gasteiger partial charge in [-0.25, -0.2) is 4.98 Å². The minimum atomic E-state index is -0.234. The number of carbonyl (C=O) groups is 1. The number of aromatic nitrogens is 7. The maximum absolute atomic E-state index is 12.6. The number of amides is 1. The Morgan fingerprint density at radius 3 is 3.00 bits per heavy atom. The predicted octanol–water partition coefficient (Wildman–Crippen LogP) is 0.714. The third-order valence-corrected chi connectivity index (χ3v) is 4.73. The van der Waals surface area contributed by atoms with E-state index in [1.54, 1.807) is 12.5 Å². The molecule has 4 heterocycles. The molecule has 10 nitrogen and oxygen atoms in total. The molecule has 1 aliphatic heterocycles. The molecule has 1 fully saturated rings. The largest absolute Gasteiger partial charge is 0.351 e. The van der Waals surface area contributed by atoms with Gasteiger partial charge in [0.2, 0.25) is 5.65 Å². The first kappa shape index (κ1) is 16.4. The molecule has 0 spiro atoms. The molecule has 0 unspecified atom stereocenters. The molecule has 0 aliphatic carbocycles. The summed E-state index contributed by atoms with van der Waals surface area (Å²) >= 11 is 0. The van der Waals surface area contributed by atoms with Crippen LogP contribution in [-0.4, -0.2) is 59.6 Å². The summed E-state index contributed by atoms with van der Waals surface area (Å²) in [6.07, 6.45) is 7.47. The Bertz CT molecular complexity index is 1120. The highest BCUT2D eigenvalue weighted by Crippen LogP contribution is 2.21. The Morgan fingerprint density at radius 2 is 2.11 bits per heavy atom. The zero-order valence-electron chi connectivity index (χ0n) is 14.9. The fraction of sp³-hybridized carbons (Fsp3) is 0.222. The molecular formula is C18H17N9O. The van der Waals surface area contributed by atoms with Gasteiger partial charge in [-0.05, 0) is 18.6 Å². The van der Waals surface area contributed by atoms with E-state index in [-0.39, 0.29) is 11.9 Å². The molecule has 1 aromatic carbocycles. The first-order chi connectivity index (χ1) is 13.8. The van der Waals surface area contributed by atoms with Crippen LogP contribution in [0.3, 0.4) is 0 Å². The molecule has 1 amide bonds. The van der Waals surface area contributed by atoms with E-state index in [2.05, 4.69) is 35.6 Å².